The van der Waals surface area contributed by atoms with Crippen LogP contribution in [0.1, 0.15) is 12.0 Å². The van der Waals surface area contributed by atoms with Gasteiger partial charge in [0.25, 0.3) is 0 Å². The predicted molar refractivity (Wildman–Crippen MR) is 64.8 cm³/mol. The van der Waals surface area contributed by atoms with E-state index in [0.717, 1.165) is 6.54 Å². The first-order valence-electron chi connectivity index (χ1n) is 4.89. The first-order chi connectivity index (χ1) is 6.74. The van der Waals surface area contributed by atoms with Gasteiger partial charge in [-0.2, -0.15) is 0 Å². The lowest BCUT2D eigenvalue weighted by atomic mass is 10.2. The Morgan fingerprint density at radius 1 is 1.71 bits per heavy atom. The van der Waals surface area contributed by atoms with Crippen LogP contribution < -0.4 is 5.32 Å². The lowest BCUT2D eigenvalue weighted by Gasteiger charge is -2.11. The quantitative estimate of drug-likeness (QED) is 0.910. The third-order valence-corrected chi connectivity index (χ3v) is 4.16. The molecule has 1 atom stereocenters. The molecule has 1 fully saturated rings. The van der Waals surface area contributed by atoms with Gasteiger partial charge in [-0.25, -0.2) is 0 Å². The molecule has 1 aliphatic heterocycles. The van der Waals surface area contributed by atoms with E-state index in [-0.39, 0.29) is 0 Å². The summed E-state index contributed by atoms with van der Waals surface area (Å²) in [6.45, 7) is 3.41. The lowest BCUT2D eigenvalue weighted by Crippen LogP contribution is -2.30. The van der Waals surface area contributed by atoms with E-state index >= 15 is 0 Å². The zero-order chi connectivity index (χ0) is 9.97. The van der Waals surface area contributed by atoms with Crippen LogP contribution in [0.25, 0.3) is 0 Å². The van der Waals surface area contributed by atoms with Crippen LogP contribution in [0.5, 0.6) is 0 Å². The minimum atomic E-state index is 0.679. The maximum Gasteiger partial charge on any atom is 0.0701 e. The second-order valence-electron chi connectivity index (χ2n) is 3.89. The summed E-state index contributed by atoms with van der Waals surface area (Å²) in [6, 6.07) is 2.87. The topological polar surface area (TPSA) is 15.3 Å². The number of nitrogens with one attached hydrogen (secondary N) is 1. The highest BCUT2D eigenvalue weighted by Crippen LogP contribution is 2.20. The van der Waals surface area contributed by atoms with E-state index in [1.54, 1.807) is 11.3 Å². The average Bonchev–Trinajstić information content (AvgIpc) is 2.72. The molecule has 1 aromatic heterocycles. The predicted octanol–water partition coefficient (Wildman–Crippen LogP) is 2.30. The van der Waals surface area contributed by atoms with Gasteiger partial charge in [0.2, 0.25) is 0 Å². The average molecular weight is 275 g/mol. The molecule has 2 nitrogen and oxygen atoms in total. The van der Waals surface area contributed by atoms with Crippen LogP contribution in [0.15, 0.2) is 15.2 Å². The molecule has 1 unspecified atom stereocenters. The van der Waals surface area contributed by atoms with Crippen molar-refractivity contribution in [3.8, 4) is 0 Å². The molecule has 1 N–H and O–H groups in total. The van der Waals surface area contributed by atoms with Gasteiger partial charge in [0.05, 0.1) is 3.79 Å². The van der Waals surface area contributed by atoms with Crippen LogP contribution in [0.4, 0.5) is 0 Å². The van der Waals surface area contributed by atoms with Gasteiger partial charge in [0.15, 0.2) is 0 Å². The Hall–Kier alpha value is 0.100. The first kappa shape index (κ1) is 10.6. The highest BCUT2D eigenvalue weighted by molar-refractivity contribution is 9.11. The summed E-state index contributed by atoms with van der Waals surface area (Å²) in [4.78, 5) is 2.38. The molecule has 14 heavy (non-hydrogen) atoms. The summed E-state index contributed by atoms with van der Waals surface area (Å²) in [6.07, 6.45) is 1.28. The number of nitrogens with zero attached hydrogens (tertiary/aromatic N) is 1. The van der Waals surface area contributed by atoms with Crippen molar-refractivity contribution in [1.29, 1.82) is 0 Å². The van der Waals surface area contributed by atoms with Crippen molar-refractivity contribution in [3.05, 3.63) is 20.8 Å². The molecular formula is C10H15BrN2S. The number of hydrogen-bond acceptors (Lipinski definition) is 3. The minimum absolute atomic E-state index is 0.679. The SMILES string of the molecule is CN1CCC(NCc2csc(Br)c2)C1. The normalized spacial score (nSPS) is 23.1. The van der Waals surface area contributed by atoms with Crippen molar-refractivity contribution < 1.29 is 0 Å². The van der Waals surface area contributed by atoms with Gasteiger partial charge in [0, 0.05) is 19.1 Å². The number of likely N-dealkylation sites (tertiary alicyclic amines) is 1. The Kier molecular flexibility index (Phi) is 3.60. The van der Waals surface area contributed by atoms with Crippen molar-refractivity contribution >= 4 is 27.3 Å². The molecule has 78 valence electrons. The van der Waals surface area contributed by atoms with E-state index in [0.29, 0.717) is 6.04 Å². The number of rotatable bonds is 3. The third kappa shape index (κ3) is 2.79. The van der Waals surface area contributed by atoms with Crippen LogP contribution in [-0.2, 0) is 6.54 Å². The van der Waals surface area contributed by atoms with E-state index in [4.69, 9.17) is 0 Å². The third-order valence-electron chi connectivity index (χ3n) is 2.61. The maximum absolute atomic E-state index is 3.59. The Bertz CT molecular complexity index is 300. The first-order valence-corrected chi connectivity index (χ1v) is 6.56. The molecule has 1 aromatic rings. The zero-order valence-electron chi connectivity index (χ0n) is 8.29. The molecule has 0 amide bonds. The minimum Gasteiger partial charge on any atom is -0.309 e. The number of thiophene rings is 1. The van der Waals surface area contributed by atoms with E-state index < -0.39 is 0 Å². The Morgan fingerprint density at radius 2 is 2.57 bits per heavy atom. The highest BCUT2D eigenvalue weighted by atomic mass is 79.9. The van der Waals surface area contributed by atoms with Crippen molar-refractivity contribution in [2.45, 2.75) is 19.0 Å². The molecular weight excluding hydrogens is 260 g/mol. The van der Waals surface area contributed by atoms with E-state index in [1.165, 1.54) is 28.9 Å². The molecule has 0 bridgehead atoms. The number of halogens is 1. The van der Waals surface area contributed by atoms with Crippen molar-refractivity contribution in [2.24, 2.45) is 0 Å². The summed E-state index contributed by atoms with van der Waals surface area (Å²) in [7, 11) is 2.18. The van der Waals surface area contributed by atoms with Crippen LogP contribution in [0.2, 0.25) is 0 Å². The van der Waals surface area contributed by atoms with Crippen LogP contribution in [-0.4, -0.2) is 31.1 Å². The largest absolute Gasteiger partial charge is 0.309 e. The molecule has 1 aliphatic rings. The molecule has 2 heterocycles. The van der Waals surface area contributed by atoms with E-state index in [9.17, 15) is 0 Å². The van der Waals surface area contributed by atoms with E-state index in [2.05, 4.69) is 44.6 Å². The number of likely N-dealkylation sites (N-methyl/N-ethyl adjacent to an activating group) is 1. The highest BCUT2D eigenvalue weighted by Gasteiger charge is 2.18. The second-order valence-corrected chi connectivity index (χ2v) is 6.18. The van der Waals surface area contributed by atoms with Gasteiger partial charge in [-0.15, -0.1) is 11.3 Å². The fourth-order valence-electron chi connectivity index (χ4n) is 1.80. The van der Waals surface area contributed by atoms with E-state index in [1.807, 2.05) is 0 Å². The van der Waals surface area contributed by atoms with Crippen molar-refractivity contribution in [2.75, 3.05) is 20.1 Å². The Labute approximate surface area is 97.4 Å². The monoisotopic (exact) mass is 274 g/mol. The van der Waals surface area contributed by atoms with Crippen molar-refractivity contribution in [1.82, 2.24) is 10.2 Å². The summed E-state index contributed by atoms with van der Waals surface area (Å²) < 4.78 is 1.22. The standard InChI is InChI=1S/C10H15BrN2S/c1-13-3-2-9(6-13)12-5-8-4-10(11)14-7-8/h4,7,9,12H,2-3,5-6H2,1H3. The lowest BCUT2D eigenvalue weighted by molar-refractivity contribution is 0.398. The summed E-state index contributed by atoms with van der Waals surface area (Å²) in [5.41, 5.74) is 1.39. The van der Waals surface area contributed by atoms with Gasteiger partial charge in [-0.1, -0.05) is 0 Å². The molecule has 0 saturated carbocycles. The van der Waals surface area contributed by atoms with Crippen LogP contribution >= 0.6 is 27.3 Å². The fraction of sp³-hybridized carbons (Fsp3) is 0.600. The molecule has 2 rings (SSSR count). The van der Waals surface area contributed by atoms with Gasteiger partial charge >= 0.3 is 0 Å². The van der Waals surface area contributed by atoms with Gasteiger partial charge < -0.3 is 10.2 Å². The van der Waals surface area contributed by atoms with Crippen molar-refractivity contribution in [3.63, 3.8) is 0 Å². The second kappa shape index (κ2) is 4.75. The smallest absolute Gasteiger partial charge is 0.0701 e. The Balaban J connectivity index is 1.77. The zero-order valence-corrected chi connectivity index (χ0v) is 10.7. The van der Waals surface area contributed by atoms with Gasteiger partial charge in [-0.05, 0) is 53.0 Å². The summed E-state index contributed by atoms with van der Waals surface area (Å²) in [5, 5.41) is 5.79. The fourth-order valence-corrected chi connectivity index (χ4v) is 3.01. The molecule has 4 heteroatoms. The molecule has 0 aliphatic carbocycles. The van der Waals surface area contributed by atoms with Gasteiger partial charge in [0.1, 0.15) is 0 Å². The number of hydrogen-bond donors (Lipinski definition) is 1. The summed E-state index contributed by atoms with van der Waals surface area (Å²) in [5.74, 6) is 0. The molecule has 1 saturated heterocycles. The Morgan fingerprint density at radius 3 is 3.14 bits per heavy atom. The molecule has 0 radical (unpaired) electrons. The van der Waals surface area contributed by atoms with Crippen LogP contribution in [0.3, 0.4) is 0 Å². The van der Waals surface area contributed by atoms with Crippen LogP contribution in [0, 0.1) is 0 Å². The maximum atomic E-state index is 3.59. The summed E-state index contributed by atoms with van der Waals surface area (Å²) >= 11 is 5.23. The molecule has 0 aromatic carbocycles. The van der Waals surface area contributed by atoms with Gasteiger partial charge in [-0.3, -0.25) is 0 Å². The molecule has 0 spiro atoms.